The van der Waals surface area contributed by atoms with Crippen LogP contribution in [0.5, 0.6) is 0 Å². The van der Waals surface area contributed by atoms with Gasteiger partial charge in [0, 0.05) is 10.9 Å². The maximum Gasteiger partial charge on any atom is 0.325 e. The van der Waals surface area contributed by atoms with Crippen molar-refractivity contribution in [2.24, 2.45) is 0 Å². The van der Waals surface area contributed by atoms with Crippen molar-refractivity contribution >= 4 is 33.7 Å². The molecule has 0 radical (unpaired) electrons. The third-order valence-electron chi connectivity index (χ3n) is 2.52. The fraction of sp³-hybridized carbons (Fsp3) is 0.357. The SMILES string of the molecule is CCOC(=O)CNC(=O)CNC(=O)c1ccc(CBr)cc1. The van der Waals surface area contributed by atoms with Crippen LogP contribution in [0.1, 0.15) is 22.8 Å². The minimum absolute atomic E-state index is 0.196. The number of alkyl halides is 1. The maximum atomic E-state index is 11.8. The number of nitrogens with one attached hydrogen (secondary N) is 2. The van der Waals surface area contributed by atoms with Crippen LogP contribution in [-0.4, -0.2) is 37.5 Å². The summed E-state index contributed by atoms with van der Waals surface area (Å²) in [7, 11) is 0. The van der Waals surface area contributed by atoms with E-state index >= 15 is 0 Å². The van der Waals surface area contributed by atoms with Gasteiger partial charge in [0.15, 0.2) is 0 Å². The normalized spacial score (nSPS) is 9.81. The van der Waals surface area contributed by atoms with Gasteiger partial charge in [-0.15, -0.1) is 0 Å². The highest BCUT2D eigenvalue weighted by atomic mass is 79.9. The molecule has 0 saturated carbocycles. The second-order valence-corrected chi connectivity index (χ2v) is 4.66. The molecule has 1 aromatic rings. The Kier molecular flexibility index (Phi) is 7.45. The van der Waals surface area contributed by atoms with Crippen LogP contribution < -0.4 is 10.6 Å². The predicted molar refractivity (Wildman–Crippen MR) is 81.0 cm³/mol. The van der Waals surface area contributed by atoms with Crippen LogP contribution in [-0.2, 0) is 19.7 Å². The summed E-state index contributed by atoms with van der Waals surface area (Å²) in [6.07, 6.45) is 0. The Labute approximate surface area is 131 Å². The van der Waals surface area contributed by atoms with E-state index in [1.54, 1.807) is 19.1 Å². The van der Waals surface area contributed by atoms with Crippen molar-refractivity contribution < 1.29 is 19.1 Å². The molecular weight excluding hydrogens is 340 g/mol. The molecule has 0 aliphatic heterocycles. The maximum absolute atomic E-state index is 11.8. The third kappa shape index (κ3) is 6.40. The lowest BCUT2D eigenvalue weighted by molar-refractivity contribution is -0.143. The number of esters is 1. The van der Waals surface area contributed by atoms with Gasteiger partial charge in [-0.05, 0) is 24.6 Å². The summed E-state index contributed by atoms with van der Waals surface area (Å²) in [5.74, 6) is -1.31. The molecule has 0 fully saturated rings. The van der Waals surface area contributed by atoms with Crippen LogP contribution in [0.3, 0.4) is 0 Å². The molecule has 0 aliphatic rings. The first kappa shape index (κ1) is 17.2. The number of hydrogen-bond donors (Lipinski definition) is 2. The predicted octanol–water partition coefficient (Wildman–Crippen LogP) is 0.991. The molecule has 1 rings (SSSR count). The Morgan fingerprint density at radius 1 is 1.10 bits per heavy atom. The minimum atomic E-state index is -0.512. The number of carbonyl (C=O) groups excluding carboxylic acids is 3. The number of ether oxygens (including phenoxy) is 1. The summed E-state index contributed by atoms with van der Waals surface area (Å²) in [5.41, 5.74) is 1.52. The third-order valence-corrected chi connectivity index (χ3v) is 3.16. The molecule has 6 nitrogen and oxygen atoms in total. The van der Waals surface area contributed by atoms with Crippen molar-refractivity contribution in [2.75, 3.05) is 19.7 Å². The molecule has 2 N–H and O–H groups in total. The molecule has 1 aromatic carbocycles. The van der Waals surface area contributed by atoms with E-state index in [9.17, 15) is 14.4 Å². The Morgan fingerprint density at radius 3 is 2.33 bits per heavy atom. The van der Waals surface area contributed by atoms with Gasteiger partial charge >= 0.3 is 5.97 Å². The molecule has 0 spiro atoms. The van der Waals surface area contributed by atoms with E-state index < -0.39 is 11.9 Å². The second-order valence-electron chi connectivity index (χ2n) is 4.09. The van der Waals surface area contributed by atoms with Gasteiger partial charge in [-0.25, -0.2) is 0 Å². The number of carbonyl (C=O) groups is 3. The lowest BCUT2D eigenvalue weighted by Crippen LogP contribution is -2.39. The zero-order valence-electron chi connectivity index (χ0n) is 11.6. The summed E-state index contributed by atoms with van der Waals surface area (Å²) in [4.78, 5) is 34.3. The molecule has 0 bridgehead atoms. The summed E-state index contributed by atoms with van der Waals surface area (Å²) in [6.45, 7) is 1.54. The molecule has 21 heavy (non-hydrogen) atoms. The van der Waals surface area contributed by atoms with Gasteiger partial charge < -0.3 is 15.4 Å². The summed E-state index contributed by atoms with van der Waals surface area (Å²) < 4.78 is 4.66. The average molecular weight is 357 g/mol. The number of benzene rings is 1. The Bertz CT molecular complexity index is 502. The van der Waals surface area contributed by atoms with E-state index in [1.807, 2.05) is 12.1 Å². The van der Waals surface area contributed by atoms with Gasteiger partial charge in [0.2, 0.25) is 5.91 Å². The highest BCUT2D eigenvalue weighted by Gasteiger charge is 2.09. The van der Waals surface area contributed by atoms with E-state index in [0.717, 1.165) is 5.56 Å². The molecule has 0 atom stereocenters. The van der Waals surface area contributed by atoms with Crippen LogP contribution in [0.15, 0.2) is 24.3 Å². The summed E-state index contributed by atoms with van der Waals surface area (Å²) in [5, 5.41) is 5.55. The zero-order valence-corrected chi connectivity index (χ0v) is 13.2. The molecule has 0 aliphatic carbocycles. The molecule has 7 heteroatoms. The fourth-order valence-corrected chi connectivity index (χ4v) is 1.83. The number of rotatable bonds is 7. The Morgan fingerprint density at radius 2 is 1.76 bits per heavy atom. The van der Waals surface area contributed by atoms with Crippen molar-refractivity contribution in [3.63, 3.8) is 0 Å². The molecule has 0 aromatic heterocycles. The number of hydrogen-bond acceptors (Lipinski definition) is 4. The second kappa shape index (κ2) is 9.12. The molecule has 0 heterocycles. The molecule has 2 amide bonds. The van der Waals surface area contributed by atoms with E-state index in [0.29, 0.717) is 10.9 Å². The largest absolute Gasteiger partial charge is 0.465 e. The van der Waals surface area contributed by atoms with Crippen LogP contribution in [0.25, 0.3) is 0 Å². The highest BCUT2D eigenvalue weighted by molar-refractivity contribution is 9.08. The topological polar surface area (TPSA) is 84.5 Å². The van der Waals surface area contributed by atoms with Crippen LogP contribution in [0.4, 0.5) is 0 Å². The van der Waals surface area contributed by atoms with E-state index in [2.05, 4.69) is 31.3 Å². The van der Waals surface area contributed by atoms with E-state index in [-0.39, 0.29) is 25.6 Å². The lowest BCUT2D eigenvalue weighted by atomic mass is 10.1. The van der Waals surface area contributed by atoms with Crippen molar-refractivity contribution in [3.8, 4) is 0 Å². The Balaban J connectivity index is 2.34. The molecule has 114 valence electrons. The van der Waals surface area contributed by atoms with Gasteiger partial charge in [-0.1, -0.05) is 28.1 Å². The number of halogens is 1. The van der Waals surface area contributed by atoms with Gasteiger partial charge in [-0.3, -0.25) is 14.4 Å². The van der Waals surface area contributed by atoms with Gasteiger partial charge in [0.1, 0.15) is 6.54 Å². The minimum Gasteiger partial charge on any atom is -0.465 e. The van der Waals surface area contributed by atoms with Crippen LogP contribution >= 0.6 is 15.9 Å². The van der Waals surface area contributed by atoms with Crippen molar-refractivity contribution in [1.82, 2.24) is 10.6 Å². The van der Waals surface area contributed by atoms with E-state index in [1.165, 1.54) is 0 Å². The highest BCUT2D eigenvalue weighted by Crippen LogP contribution is 2.07. The average Bonchev–Trinajstić information content (AvgIpc) is 2.51. The first-order valence-corrected chi connectivity index (χ1v) is 7.54. The zero-order chi connectivity index (χ0) is 15.7. The van der Waals surface area contributed by atoms with Crippen molar-refractivity contribution in [3.05, 3.63) is 35.4 Å². The first-order chi connectivity index (χ1) is 10.1. The fourth-order valence-electron chi connectivity index (χ4n) is 1.45. The number of amides is 2. The summed E-state index contributed by atoms with van der Waals surface area (Å²) >= 11 is 3.32. The van der Waals surface area contributed by atoms with Gasteiger partial charge in [0.25, 0.3) is 5.91 Å². The van der Waals surface area contributed by atoms with Crippen molar-refractivity contribution in [2.45, 2.75) is 12.3 Å². The van der Waals surface area contributed by atoms with Gasteiger partial charge in [-0.2, -0.15) is 0 Å². The standard InChI is InChI=1S/C14H17BrN2O4/c1-2-21-13(19)9-16-12(18)8-17-14(20)11-5-3-10(7-15)4-6-11/h3-6H,2,7-9H2,1H3,(H,16,18)(H,17,20). The quantitative estimate of drug-likeness (QED) is 0.563. The summed E-state index contributed by atoms with van der Waals surface area (Å²) in [6, 6.07) is 7.01. The van der Waals surface area contributed by atoms with E-state index in [4.69, 9.17) is 0 Å². The van der Waals surface area contributed by atoms with Crippen LogP contribution in [0, 0.1) is 0 Å². The molecule has 0 unspecified atom stereocenters. The lowest BCUT2D eigenvalue weighted by Gasteiger charge is -2.07. The molecular formula is C14H17BrN2O4. The monoisotopic (exact) mass is 356 g/mol. The van der Waals surface area contributed by atoms with Crippen LogP contribution in [0.2, 0.25) is 0 Å². The smallest absolute Gasteiger partial charge is 0.325 e. The van der Waals surface area contributed by atoms with Crippen molar-refractivity contribution in [1.29, 1.82) is 0 Å². The molecule has 0 saturated heterocycles. The Hall–Kier alpha value is -1.89. The first-order valence-electron chi connectivity index (χ1n) is 6.42. The van der Waals surface area contributed by atoms with Gasteiger partial charge in [0.05, 0.1) is 13.2 Å².